The molecule has 0 bridgehead atoms. The fourth-order valence-corrected chi connectivity index (χ4v) is 3.61. The van der Waals surface area contributed by atoms with E-state index >= 15 is 0 Å². The molecule has 0 saturated heterocycles. The van der Waals surface area contributed by atoms with Gasteiger partial charge in [-0.1, -0.05) is 24.3 Å². The number of oxazole rings is 1. The van der Waals surface area contributed by atoms with E-state index in [1.54, 1.807) is 17.6 Å². The van der Waals surface area contributed by atoms with Gasteiger partial charge in [0.2, 0.25) is 5.89 Å². The van der Waals surface area contributed by atoms with Gasteiger partial charge in [-0.25, -0.2) is 9.98 Å². The minimum Gasteiger partial charge on any atom is -0.459 e. The molecular weight excluding hydrogens is 499 g/mol. The number of aliphatic imine (C=N–C) groups is 1. The largest absolute Gasteiger partial charge is 0.459 e. The Morgan fingerprint density at radius 3 is 2.79 bits per heavy atom. The van der Waals surface area contributed by atoms with Gasteiger partial charge in [-0.05, 0) is 31.4 Å². The summed E-state index contributed by atoms with van der Waals surface area (Å²) in [4.78, 5) is 10.1. The van der Waals surface area contributed by atoms with Crippen molar-refractivity contribution in [3.63, 3.8) is 0 Å². The summed E-state index contributed by atoms with van der Waals surface area (Å²) in [6.45, 7) is 5.88. The first kappa shape index (κ1) is 21.4. The zero-order valence-electron chi connectivity index (χ0n) is 16.3. The van der Waals surface area contributed by atoms with Crippen LogP contribution < -0.4 is 10.6 Å². The predicted octanol–water partition coefficient (Wildman–Crippen LogP) is 5.33. The van der Waals surface area contributed by atoms with Crippen molar-refractivity contribution < 1.29 is 8.83 Å². The summed E-state index contributed by atoms with van der Waals surface area (Å²) >= 11 is 1.60. The molecule has 4 aromatic rings. The zero-order valence-corrected chi connectivity index (χ0v) is 19.4. The number of rotatable bonds is 6. The van der Waals surface area contributed by atoms with Crippen molar-refractivity contribution in [2.45, 2.75) is 26.9 Å². The lowest BCUT2D eigenvalue weighted by atomic mass is 10.1. The van der Waals surface area contributed by atoms with Gasteiger partial charge in [-0.3, -0.25) is 0 Å². The third-order valence-corrected chi connectivity index (χ3v) is 5.24. The number of aryl methyl sites for hydroxylation is 1. The van der Waals surface area contributed by atoms with Crippen molar-refractivity contribution in [1.82, 2.24) is 15.6 Å². The average molecular weight is 522 g/mol. The van der Waals surface area contributed by atoms with Crippen LogP contribution in [0.5, 0.6) is 0 Å². The molecule has 8 heteroatoms. The van der Waals surface area contributed by atoms with Crippen molar-refractivity contribution in [2.24, 2.45) is 4.99 Å². The number of halogens is 1. The molecule has 0 atom stereocenters. The van der Waals surface area contributed by atoms with E-state index in [1.165, 1.54) is 0 Å². The molecule has 3 aromatic heterocycles. The number of guanidine groups is 1. The molecule has 4 rings (SSSR count). The second kappa shape index (κ2) is 9.93. The number of nitrogens with zero attached hydrogens (tertiary/aromatic N) is 2. The number of furan rings is 1. The first-order valence-electron chi connectivity index (χ1n) is 9.22. The van der Waals surface area contributed by atoms with E-state index in [4.69, 9.17) is 8.83 Å². The van der Waals surface area contributed by atoms with Crippen molar-refractivity contribution in [2.75, 3.05) is 6.54 Å². The van der Waals surface area contributed by atoms with Crippen molar-refractivity contribution in [3.05, 3.63) is 65.1 Å². The molecule has 0 aliphatic rings. The van der Waals surface area contributed by atoms with Crippen LogP contribution in [-0.2, 0) is 13.1 Å². The Balaban J connectivity index is 0.00000240. The molecule has 29 heavy (non-hydrogen) atoms. The Morgan fingerprint density at radius 2 is 2.03 bits per heavy atom. The maximum Gasteiger partial charge on any atom is 0.236 e. The van der Waals surface area contributed by atoms with Crippen LogP contribution >= 0.6 is 35.3 Å². The van der Waals surface area contributed by atoms with Gasteiger partial charge in [-0.15, -0.1) is 35.3 Å². The second-order valence-electron chi connectivity index (χ2n) is 6.32. The van der Waals surface area contributed by atoms with Crippen LogP contribution in [0.25, 0.3) is 21.7 Å². The molecule has 0 unspecified atom stereocenters. The predicted molar refractivity (Wildman–Crippen MR) is 128 cm³/mol. The molecule has 0 aliphatic heterocycles. The van der Waals surface area contributed by atoms with E-state index in [-0.39, 0.29) is 24.0 Å². The van der Waals surface area contributed by atoms with E-state index in [1.807, 2.05) is 42.6 Å². The summed E-state index contributed by atoms with van der Waals surface area (Å²) in [6, 6.07) is 12.0. The van der Waals surface area contributed by atoms with Gasteiger partial charge in [0, 0.05) is 17.5 Å². The minimum absolute atomic E-state index is 0. The molecule has 6 nitrogen and oxygen atoms in total. The first-order chi connectivity index (χ1) is 13.7. The SMILES string of the molecule is CCNC(=NCc1coc(-c2cccs2)n1)NCc1oc2ccccc2c1C.I. The maximum absolute atomic E-state index is 5.96. The van der Waals surface area contributed by atoms with Gasteiger partial charge in [0.25, 0.3) is 0 Å². The number of hydrogen-bond donors (Lipinski definition) is 2. The van der Waals surface area contributed by atoms with Gasteiger partial charge in [0.05, 0.1) is 18.0 Å². The zero-order chi connectivity index (χ0) is 19.3. The lowest BCUT2D eigenvalue weighted by Gasteiger charge is -2.10. The molecule has 0 aliphatic carbocycles. The van der Waals surface area contributed by atoms with Crippen molar-refractivity contribution >= 4 is 52.2 Å². The Hall–Kier alpha value is -2.33. The second-order valence-corrected chi connectivity index (χ2v) is 7.26. The Kier molecular flexibility index (Phi) is 7.32. The molecule has 0 amide bonds. The van der Waals surface area contributed by atoms with E-state index in [0.29, 0.717) is 24.9 Å². The third kappa shape index (κ3) is 4.99. The summed E-state index contributed by atoms with van der Waals surface area (Å²) in [6.07, 6.45) is 1.66. The Bertz CT molecular complexity index is 1090. The number of para-hydroxylation sites is 1. The minimum atomic E-state index is 0. The van der Waals surface area contributed by atoms with Crippen molar-refractivity contribution in [1.29, 1.82) is 0 Å². The Labute approximate surface area is 190 Å². The molecule has 152 valence electrons. The number of aromatic nitrogens is 1. The van der Waals surface area contributed by atoms with E-state index in [0.717, 1.165) is 39.4 Å². The normalized spacial score (nSPS) is 11.4. The summed E-state index contributed by atoms with van der Waals surface area (Å²) in [5, 5.41) is 9.73. The van der Waals surface area contributed by atoms with Gasteiger partial charge >= 0.3 is 0 Å². The number of thiophene rings is 1. The van der Waals surface area contributed by atoms with Gasteiger partial charge in [0.15, 0.2) is 5.96 Å². The smallest absolute Gasteiger partial charge is 0.236 e. The van der Waals surface area contributed by atoms with Gasteiger partial charge < -0.3 is 19.5 Å². The lowest BCUT2D eigenvalue weighted by molar-refractivity contribution is 0.534. The molecule has 0 fully saturated rings. The topological polar surface area (TPSA) is 75.6 Å². The summed E-state index contributed by atoms with van der Waals surface area (Å²) in [5.41, 5.74) is 2.85. The van der Waals surface area contributed by atoms with Crippen LogP contribution in [0.3, 0.4) is 0 Å². The quantitative estimate of drug-likeness (QED) is 0.203. The van der Waals surface area contributed by atoms with E-state index in [2.05, 4.69) is 33.6 Å². The standard InChI is InChI=1S/C21H22N4O2S.HI/c1-3-22-21(23-11-15-13-26-20(25-15)19-9-6-10-28-19)24-12-18-14(2)16-7-4-5-8-17(16)27-18;/h4-10,13H,3,11-12H2,1-2H3,(H2,22,23,24);1H. The Morgan fingerprint density at radius 1 is 1.17 bits per heavy atom. The number of benzene rings is 1. The number of hydrogen-bond acceptors (Lipinski definition) is 5. The van der Waals surface area contributed by atoms with Crippen LogP contribution in [0.15, 0.2) is 61.9 Å². The average Bonchev–Trinajstić information content (AvgIpc) is 3.45. The molecule has 0 spiro atoms. The molecule has 0 radical (unpaired) electrons. The fourth-order valence-electron chi connectivity index (χ4n) is 2.95. The molecular formula is C21H23IN4O2S. The molecule has 3 heterocycles. The molecule has 2 N–H and O–H groups in total. The molecule has 1 aromatic carbocycles. The summed E-state index contributed by atoms with van der Waals surface area (Å²) in [7, 11) is 0. The van der Waals surface area contributed by atoms with Crippen LogP contribution in [0, 0.1) is 6.92 Å². The highest BCUT2D eigenvalue weighted by Gasteiger charge is 2.11. The highest BCUT2D eigenvalue weighted by atomic mass is 127. The van der Waals surface area contributed by atoms with Gasteiger partial charge in [0.1, 0.15) is 23.3 Å². The number of nitrogens with one attached hydrogen (secondary N) is 2. The lowest BCUT2D eigenvalue weighted by Crippen LogP contribution is -2.36. The molecule has 0 saturated carbocycles. The van der Waals surface area contributed by atoms with E-state index < -0.39 is 0 Å². The maximum atomic E-state index is 5.96. The monoisotopic (exact) mass is 522 g/mol. The van der Waals surface area contributed by atoms with E-state index in [9.17, 15) is 0 Å². The summed E-state index contributed by atoms with van der Waals surface area (Å²) in [5.74, 6) is 2.26. The van der Waals surface area contributed by atoms with Crippen LogP contribution in [0.2, 0.25) is 0 Å². The van der Waals surface area contributed by atoms with Crippen LogP contribution in [-0.4, -0.2) is 17.5 Å². The van der Waals surface area contributed by atoms with Crippen molar-refractivity contribution in [3.8, 4) is 10.8 Å². The third-order valence-electron chi connectivity index (χ3n) is 4.39. The first-order valence-corrected chi connectivity index (χ1v) is 10.1. The number of fused-ring (bicyclic) bond motifs is 1. The van der Waals surface area contributed by atoms with Crippen LogP contribution in [0.1, 0.15) is 23.9 Å². The van der Waals surface area contributed by atoms with Crippen LogP contribution in [0.4, 0.5) is 0 Å². The highest BCUT2D eigenvalue weighted by molar-refractivity contribution is 14.0. The highest BCUT2D eigenvalue weighted by Crippen LogP contribution is 2.25. The summed E-state index contributed by atoms with van der Waals surface area (Å²) < 4.78 is 11.5. The fraction of sp³-hybridized carbons (Fsp3) is 0.238. The van der Waals surface area contributed by atoms with Gasteiger partial charge in [-0.2, -0.15) is 0 Å².